The van der Waals surface area contributed by atoms with Crippen LogP contribution in [-0.4, -0.2) is 12.1 Å². The Labute approximate surface area is 183 Å². The summed E-state index contributed by atoms with van der Waals surface area (Å²) in [4.78, 5) is 12.3. The third kappa shape index (κ3) is 6.60. The lowest BCUT2D eigenvalue weighted by atomic mass is 9.87. The fraction of sp³-hybridized carbons (Fsp3) is 0.231. The first-order valence-corrected chi connectivity index (χ1v) is 11.2. The van der Waals surface area contributed by atoms with Gasteiger partial charge < -0.3 is 0 Å². The van der Waals surface area contributed by atoms with Crippen LogP contribution in [0.1, 0.15) is 53.4 Å². The summed E-state index contributed by atoms with van der Waals surface area (Å²) in [6.07, 6.45) is 1.67. The van der Waals surface area contributed by atoms with Gasteiger partial charge in [-0.15, -0.1) is 0 Å². The van der Waals surface area contributed by atoms with E-state index in [-0.39, 0.29) is 11.3 Å². The van der Waals surface area contributed by atoms with Crippen LogP contribution in [0.2, 0.25) is 0 Å². The molecule has 3 aromatic carbocycles. The topological polar surface area (TPSA) is 41.5 Å². The minimum atomic E-state index is -0.207. The predicted octanol–water partition coefficient (Wildman–Crippen LogP) is 6.18. The van der Waals surface area contributed by atoms with Crippen molar-refractivity contribution >= 4 is 23.9 Å². The lowest BCUT2D eigenvalue weighted by Crippen LogP contribution is -2.17. The van der Waals surface area contributed by atoms with Gasteiger partial charge in [0.15, 0.2) is 0 Å². The maximum atomic E-state index is 12.3. The first-order valence-electron chi connectivity index (χ1n) is 10.1. The molecular formula is C26H28N2OS. The molecule has 3 aromatic rings. The number of nitrogens with zero attached hydrogens (tertiary/aromatic N) is 1. The number of hydrazone groups is 1. The summed E-state index contributed by atoms with van der Waals surface area (Å²) >= 11 is 1.86. The zero-order valence-electron chi connectivity index (χ0n) is 17.8. The predicted molar refractivity (Wildman–Crippen MR) is 128 cm³/mol. The van der Waals surface area contributed by atoms with E-state index in [9.17, 15) is 4.79 Å². The number of amides is 1. The number of rotatable bonds is 7. The van der Waals surface area contributed by atoms with Crippen molar-refractivity contribution in [1.29, 1.82) is 0 Å². The Morgan fingerprint density at radius 2 is 1.47 bits per heavy atom. The molecular weight excluding hydrogens is 388 g/mol. The molecule has 0 fully saturated rings. The van der Waals surface area contributed by atoms with Crippen LogP contribution in [0, 0.1) is 0 Å². The standard InChI is InChI=1S/C26H28N2OS/c1-26(2,3)24-15-11-20(12-16-24)17-27-28-25(29)23-13-9-22(10-14-23)19-30-18-21-7-5-4-6-8-21/h4-17H,18-19H2,1-3H3,(H,28,29)/b27-17-. The van der Waals surface area contributed by atoms with Gasteiger partial charge in [0.25, 0.3) is 5.91 Å². The van der Waals surface area contributed by atoms with Crippen LogP contribution in [0.25, 0.3) is 0 Å². The van der Waals surface area contributed by atoms with Crippen LogP contribution in [-0.2, 0) is 16.9 Å². The molecule has 0 aliphatic rings. The summed E-state index contributed by atoms with van der Waals surface area (Å²) in [6.45, 7) is 6.55. The second-order valence-corrected chi connectivity index (χ2v) is 9.23. The first-order chi connectivity index (χ1) is 14.4. The van der Waals surface area contributed by atoms with E-state index in [1.54, 1.807) is 6.21 Å². The van der Waals surface area contributed by atoms with Gasteiger partial charge in [-0.25, -0.2) is 5.43 Å². The average molecular weight is 417 g/mol. The smallest absolute Gasteiger partial charge is 0.267 e. The molecule has 0 bridgehead atoms. The van der Waals surface area contributed by atoms with E-state index < -0.39 is 0 Å². The fourth-order valence-corrected chi connectivity index (χ4v) is 3.87. The quantitative estimate of drug-likeness (QED) is 0.369. The molecule has 0 saturated heterocycles. The summed E-state index contributed by atoms with van der Waals surface area (Å²) in [5.41, 5.74) is 8.08. The van der Waals surface area contributed by atoms with Gasteiger partial charge in [0, 0.05) is 17.1 Å². The van der Waals surface area contributed by atoms with Crippen molar-refractivity contribution in [1.82, 2.24) is 5.43 Å². The van der Waals surface area contributed by atoms with Crippen LogP contribution in [0.5, 0.6) is 0 Å². The highest BCUT2D eigenvalue weighted by molar-refractivity contribution is 7.97. The highest BCUT2D eigenvalue weighted by atomic mass is 32.2. The Hall–Kier alpha value is -2.85. The van der Waals surface area contributed by atoms with Gasteiger partial charge >= 0.3 is 0 Å². The van der Waals surface area contributed by atoms with Crippen molar-refractivity contribution in [3.8, 4) is 0 Å². The van der Waals surface area contributed by atoms with Gasteiger partial charge in [-0.3, -0.25) is 4.79 Å². The molecule has 3 rings (SSSR count). The summed E-state index contributed by atoms with van der Waals surface area (Å²) in [5, 5.41) is 4.09. The minimum absolute atomic E-state index is 0.121. The lowest BCUT2D eigenvalue weighted by Gasteiger charge is -2.18. The van der Waals surface area contributed by atoms with Crippen LogP contribution in [0.15, 0.2) is 84.0 Å². The number of carbonyl (C=O) groups excluding carboxylic acids is 1. The molecule has 0 spiro atoms. The van der Waals surface area contributed by atoms with Crippen molar-refractivity contribution in [3.05, 3.63) is 107 Å². The fourth-order valence-electron chi connectivity index (χ4n) is 2.91. The number of carbonyl (C=O) groups is 1. The van der Waals surface area contributed by atoms with Crippen LogP contribution < -0.4 is 5.43 Å². The minimum Gasteiger partial charge on any atom is -0.267 e. The van der Waals surface area contributed by atoms with Crippen molar-refractivity contribution in [2.75, 3.05) is 0 Å². The molecule has 0 radical (unpaired) electrons. The molecule has 0 aromatic heterocycles. The Bertz CT molecular complexity index is 972. The van der Waals surface area contributed by atoms with Crippen molar-refractivity contribution < 1.29 is 4.79 Å². The van der Waals surface area contributed by atoms with Gasteiger partial charge in [-0.05, 0) is 39.8 Å². The molecule has 1 N–H and O–H groups in total. The van der Waals surface area contributed by atoms with Crippen LogP contribution >= 0.6 is 11.8 Å². The van der Waals surface area contributed by atoms with Gasteiger partial charge in [0.1, 0.15) is 0 Å². The Morgan fingerprint density at radius 3 is 2.07 bits per heavy atom. The van der Waals surface area contributed by atoms with Crippen molar-refractivity contribution in [2.45, 2.75) is 37.7 Å². The number of hydrogen-bond acceptors (Lipinski definition) is 3. The third-order valence-corrected chi connectivity index (χ3v) is 5.83. The molecule has 30 heavy (non-hydrogen) atoms. The van der Waals surface area contributed by atoms with Gasteiger partial charge in [0.05, 0.1) is 6.21 Å². The van der Waals surface area contributed by atoms with Gasteiger partial charge in [0.2, 0.25) is 0 Å². The largest absolute Gasteiger partial charge is 0.271 e. The third-order valence-electron chi connectivity index (χ3n) is 4.75. The van der Waals surface area contributed by atoms with Gasteiger partial charge in [-0.1, -0.05) is 87.5 Å². The zero-order valence-corrected chi connectivity index (χ0v) is 18.6. The van der Waals surface area contributed by atoms with E-state index in [0.29, 0.717) is 5.56 Å². The van der Waals surface area contributed by atoms with E-state index in [1.165, 1.54) is 16.7 Å². The molecule has 0 aliphatic carbocycles. The average Bonchev–Trinajstić information content (AvgIpc) is 2.75. The van der Waals surface area contributed by atoms with Crippen molar-refractivity contribution in [2.24, 2.45) is 5.10 Å². The maximum Gasteiger partial charge on any atom is 0.271 e. The van der Waals surface area contributed by atoms with E-state index in [0.717, 1.165) is 17.1 Å². The second-order valence-electron chi connectivity index (χ2n) is 8.25. The zero-order chi connectivity index (χ0) is 21.4. The normalized spacial score (nSPS) is 11.6. The van der Waals surface area contributed by atoms with E-state index in [2.05, 4.69) is 67.7 Å². The second kappa shape index (κ2) is 10.3. The Morgan fingerprint density at radius 1 is 0.867 bits per heavy atom. The van der Waals surface area contributed by atoms with E-state index in [4.69, 9.17) is 0 Å². The SMILES string of the molecule is CC(C)(C)c1ccc(/C=N\NC(=O)c2ccc(CSCc3ccccc3)cc2)cc1. The Kier molecular flexibility index (Phi) is 7.47. The molecule has 0 aliphatic heterocycles. The van der Waals surface area contributed by atoms with E-state index in [1.807, 2.05) is 54.2 Å². The summed E-state index contributed by atoms with van der Waals surface area (Å²) in [5.74, 6) is 1.69. The molecule has 0 unspecified atom stereocenters. The number of hydrogen-bond donors (Lipinski definition) is 1. The van der Waals surface area contributed by atoms with Crippen molar-refractivity contribution in [3.63, 3.8) is 0 Å². The van der Waals surface area contributed by atoms with Gasteiger partial charge in [-0.2, -0.15) is 16.9 Å². The number of thioether (sulfide) groups is 1. The monoisotopic (exact) mass is 416 g/mol. The van der Waals surface area contributed by atoms with E-state index >= 15 is 0 Å². The molecule has 4 heteroatoms. The molecule has 1 amide bonds. The summed E-state index contributed by atoms with van der Waals surface area (Å²) < 4.78 is 0. The molecule has 0 heterocycles. The maximum absolute atomic E-state index is 12.3. The lowest BCUT2D eigenvalue weighted by molar-refractivity contribution is 0.0955. The molecule has 154 valence electrons. The van der Waals surface area contributed by atoms with Crippen LogP contribution in [0.4, 0.5) is 0 Å². The Balaban J connectivity index is 1.47. The molecule has 0 atom stereocenters. The molecule has 3 nitrogen and oxygen atoms in total. The summed E-state index contributed by atoms with van der Waals surface area (Å²) in [6, 6.07) is 26.3. The highest BCUT2D eigenvalue weighted by Crippen LogP contribution is 2.22. The number of benzene rings is 3. The highest BCUT2D eigenvalue weighted by Gasteiger charge is 2.12. The van der Waals surface area contributed by atoms with Crippen LogP contribution in [0.3, 0.4) is 0 Å². The summed E-state index contributed by atoms with van der Waals surface area (Å²) in [7, 11) is 0. The first kappa shape index (κ1) is 21.8. The molecule has 0 saturated carbocycles. The number of nitrogens with one attached hydrogen (secondary N) is 1.